The van der Waals surface area contributed by atoms with Gasteiger partial charge in [0.2, 0.25) is 0 Å². The van der Waals surface area contributed by atoms with Gasteiger partial charge >= 0.3 is 5.97 Å². The number of nitrogens with zero attached hydrogens (tertiary/aromatic N) is 5. The molecule has 0 bridgehead atoms. The van der Waals surface area contributed by atoms with Crippen LogP contribution in [0.15, 0.2) is 12.4 Å². The SMILES string of the molecule is CCOC(=O)c1nc(CC)n(CCn2ccnn2)c1N. The Labute approximate surface area is 116 Å². The molecule has 0 aliphatic carbocycles. The molecule has 2 aromatic heterocycles. The molecule has 0 atom stereocenters. The van der Waals surface area contributed by atoms with Crippen LogP contribution >= 0.6 is 0 Å². The third-order valence-corrected chi connectivity index (χ3v) is 2.90. The van der Waals surface area contributed by atoms with Crippen molar-refractivity contribution in [3.8, 4) is 0 Å². The average molecular weight is 278 g/mol. The van der Waals surface area contributed by atoms with Crippen LogP contribution in [0.1, 0.15) is 30.2 Å². The van der Waals surface area contributed by atoms with Gasteiger partial charge in [0.05, 0.1) is 19.3 Å². The van der Waals surface area contributed by atoms with E-state index in [1.54, 1.807) is 24.0 Å². The van der Waals surface area contributed by atoms with E-state index < -0.39 is 5.97 Å². The Balaban J connectivity index is 2.20. The molecule has 2 heterocycles. The van der Waals surface area contributed by atoms with E-state index in [-0.39, 0.29) is 5.69 Å². The van der Waals surface area contributed by atoms with Crippen molar-refractivity contribution in [1.82, 2.24) is 24.5 Å². The van der Waals surface area contributed by atoms with E-state index >= 15 is 0 Å². The summed E-state index contributed by atoms with van der Waals surface area (Å²) >= 11 is 0. The largest absolute Gasteiger partial charge is 0.461 e. The fourth-order valence-electron chi connectivity index (χ4n) is 1.94. The maximum atomic E-state index is 11.8. The second kappa shape index (κ2) is 6.18. The van der Waals surface area contributed by atoms with Gasteiger partial charge < -0.3 is 15.0 Å². The number of carbonyl (C=O) groups is 1. The van der Waals surface area contributed by atoms with Gasteiger partial charge in [-0.15, -0.1) is 5.10 Å². The van der Waals surface area contributed by atoms with Crippen molar-refractivity contribution in [2.24, 2.45) is 0 Å². The van der Waals surface area contributed by atoms with Gasteiger partial charge in [0, 0.05) is 19.2 Å². The summed E-state index contributed by atoms with van der Waals surface area (Å²) in [6, 6.07) is 0. The Morgan fingerprint density at radius 1 is 1.40 bits per heavy atom. The maximum Gasteiger partial charge on any atom is 0.360 e. The molecule has 20 heavy (non-hydrogen) atoms. The molecule has 0 unspecified atom stereocenters. The fourth-order valence-corrected chi connectivity index (χ4v) is 1.94. The average Bonchev–Trinajstić information content (AvgIpc) is 3.04. The van der Waals surface area contributed by atoms with Crippen molar-refractivity contribution < 1.29 is 9.53 Å². The molecule has 2 N–H and O–H groups in total. The van der Waals surface area contributed by atoms with Crippen molar-refractivity contribution in [1.29, 1.82) is 0 Å². The van der Waals surface area contributed by atoms with Crippen molar-refractivity contribution in [3.63, 3.8) is 0 Å². The number of aryl methyl sites for hydroxylation is 2. The minimum absolute atomic E-state index is 0.183. The highest BCUT2D eigenvalue weighted by atomic mass is 16.5. The molecule has 0 radical (unpaired) electrons. The Morgan fingerprint density at radius 3 is 2.80 bits per heavy atom. The summed E-state index contributed by atoms with van der Waals surface area (Å²) in [5, 5.41) is 7.63. The van der Waals surface area contributed by atoms with Gasteiger partial charge in [-0.1, -0.05) is 12.1 Å². The van der Waals surface area contributed by atoms with Gasteiger partial charge in [-0.3, -0.25) is 4.68 Å². The molecular weight excluding hydrogens is 260 g/mol. The minimum atomic E-state index is -0.487. The predicted molar refractivity (Wildman–Crippen MR) is 72.0 cm³/mol. The van der Waals surface area contributed by atoms with Crippen molar-refractivity contribution in [3.05, 3.63) is 23.9 Å². The number of aromatic nitrogens is 5. The molecule has 0 aromatic carbocycles. The highest BCUT2D eigenvalue weighted by molar-refractivity contribution is 5.92. The molecule has 2 rings (SSSR count). The van der Waals surface area contributed by atoms with Gasteiger partial charge in [0.1, 0.15) is 11.6 Å². The van der Waals surface area contributed by atoms with E-state index in [2.05, 4.69) is 15.3 Å². The molecular formula is C12H18N6O2. The van der Waals surface area contributed by atoms with Crippen LogP contribution in [0.25, 0.3) is 0 Å². The number of carbonyl (C=O) groups excluding carboxylic acids is 1. The topological polar surface area (TPSA) is 101 Å². The van der Waals surface area contributed by atoms with Crippen LogP contribution in [0.3, 0.4) is 0 Å². The molecule has 0 spiro atoms. The van der Waals surface area contributed by atoms with Gasteiger partial charge in [0.15, 0.2) is 5.69 Å². The summed E-state index contributed by atoms with van der Waals surface area (Å²) in [4.78, 5) is 16.0. The monoisotopic (exact) mass is 278 g/mol. The number of nitrogens with two attached hydrogens (primary N) is 1. The predicted octanol–water partition coefficient (Wildman–Crippen LogP) is 0.496. The van der Waals surface area contributed by atoms with Gasteiger partial charge in [-0.25, -0.2) is 9.78 Å². The van der Waals surface area contributed by atoms with Crippen LogP contribution in [-0.2, 0) is 24.2 Å². The number of imidazole rings is 1. The highest BCUT2D eigenvalue weighted by Crippen LogP contribution is 2.16. The van der Waals surface area contributed by atoms with Crippen molar-refractivity contribution in [2.45, 2.75) is 33.4 Å². The Kier molecular flexibility index (Phi) is 4.34. The number of hydrogen-bond acceptors (Lipinski definition) is 6. The summed E-state index contributed by atoms with van der Waals surface area (Å²) in [6.07, 6.45) is 4.06. The smallest absolute Gasteiger partial charge is 0.360 e. The van der Waals surface area contributed by atoms with Crippen LogP contribution in [0, 0.1) is 0 Å². The summed E-state index contributed by atoms with van der Waals surface area (Å²) < 4.78 is 8.46. The van der Waals surface area contributed by atoms with E-state index in [1.807, 2.05) is 11.5 Å². The van der Waals surface area contributed by atoms with Crippen LogP contribution < -0.4 is 5.73 Å². The number of anilines is 1. The first-order valence-corrected chi connectivity index (χ1v) is 6.53. The Morgan fingerprint density at radius 2 is 2.20 bits per heavy atom. The van der Waals surface area contributed by atoms with Crippen molar-refractivity contribution in [2.75, 3.05) is 12.3 Å². The van der Waals surface area contributed by atoms with Crippen molar-refractivity contribution >= 4 is 11.8 Å². The molecule has 0 saturated carbocycles. The summed E-state index contributed by atoms with van der Waals surface area (Å²) in [5.74, 6) is 0.602. The van der Waals surface area contributed by atoms with Crippen LogP contribution in [0.4, 0.5) is 5.82 Å². The van der Waals surface area contributed by atoms with Crippen LogP contribution in [0.2, 0.25) is 0 Å². The number of nitrogen functional groups attached to an aromatic ring is 1. The first kappa shape index (κ1) is 14.0. The standard InChI is InChI=1S/C12H18N6O2/c1-3-9-15-10(12(19)20-4-2)11(13)18(9)8-7-17-6-5-14-16-17/h5-6H,3-4,7-8,13H2,1-2H3. The summed E-state index contributed by atoms with van der Waals surface area (Å²) in [6.45, 7) is 5.19. The van der Waals surface area contributed by atoms with Gasteiger partial charge in [-0.05, 0) is 6.92 Å². The maximum absolute atomic E-state index is 11.8. The number of rotatable bonds is 6. The van der Waals surface area contributed by atoms with Crippen LogP contribution in [-0.4, -0.2) is 37.1 Å². The fraction of sp³-hybridized carbons (Fsp3) is 0.500. The zero-order valence-corrected chi connectivity index (χ0v) is 11.6. The molecule has 2 aromatic rings. The molecule has 0 saturated heterocycles. The lowest BCUT2D eigenvalue weighted by Gasteiger charge is -2.08. The number of ether oxygens (including phenoxy) is 1. The Bertz CT molecular complexity index is 575. The van der Waals surface area contributed by atoms with E-state index in [1.165, 1.54) is 0 Å². The first-order chi connectivity index (χ1) is 9.67. The molecule has 8 nitrogen and oxygen atoms in total. The first-order valence-electron chi connectivity index (χ1n) is 6.53. The lowest BCUT2D eigenvalue weighted by atomic mass is 10.4. The molecule has 0 aliphatic rings. The third-order valence-electron chi connectivity index (χ3n) is 2.90. The molecule has 0 aliphatic heterocycles. The normalized spacial score (nSPS) is 10.7. The van der Waals surface area contributed by atoms with Gasteiger partial charge in [0.25, 0.3) is 0 Å². The van der Waals surface area contributed by atoms with Gasteiger partial charge in [-0.2, -0.15) is 0 Å². The van der Waals surface area contributed by atoms with Crippen LogP contribution in [0.5, 0.6) is 0 Å². The Hall–Kier alpha value is -2.38. The molecule has 0 amide bonds. The molecule has 8 heteroatoms. The molecule has 108 valence electrons. The van der Waals surface area contributed by atoms with E-state index in [9.17, 15) is 4.79 Å². The zero-order chi connectivity index (χ0) is 14.5. The molecule has 0 fully saturated rings. The quantitative estimate of drug-likeness (QED) is 0.772. The summed E-state index contributed by atoms with van der Waals surface area (Å²) in [7, 11) is 0. The van der Waals surface area contributed by atoms with E-state index in [4.69, 9.17) is 10.5 Å². The third kappa shape index (κ3) is 2.79. The second-order valence-electron chi connectivity index (χ2n) is 4.15. The number of esters is 1. The second-order valence-corrected chi connectivity index (χ2v) is 4.15. The number of hydrogen-bond donors (Lipinski definition) is 1. The lowest BCUT2D eigenvalue weighted by Crippen LogP contribution is -2.14. The minimum Gasteiger partial charge on any atom is -0.461 e. The lowest BCUT2D eigenvalue weighted by molar-refractivity contribution is 0.0521. The highest BCUT2D eigenvalue weighted by Gasteiger charge is 2.20. The van der Waals surface area contributed by atoms with E-state index in [0.29, 0.717) is 31.9 Å². The van der Waals surface area contributed by atoms with E-state index in [0.717, 1.165) is 5.82 Å². The summed E-state index contributed by atoms with van der Waals surface area (Å²) in [5.41, 5.74) is 6.19. The zero-order valence-electron chi connectivity index (χ0n) is 11.6.